The first-order valence-corrected chi connectivity index (χ1v) is 8.84. The Hall–Kier alpha value is -1.40. The highest BCUT2D eigenvalue weighted by molar-refractivity contribution is 7.89. The first-order valence-electron chi connectivity index (χ1n) is 7.30. The van der Waals surface area contributed by atoms with Crippen LogP contribution >= 0.6 is 0 Å². The van der Waals surface area contributed by atoms with E-state index in [0.717, 1.165) is 0 Å². The molecule has 0 atom stereocenters. The van der Waals surface area contributed by atoms with E-state index in [2.05, 4.69) is 5.32 Å². The number of rotatable bonds is 5. The second-order valence-corrected chi connectivity index (χ2v) is 7.82. The standard InChI is InChI=1S/C15H20N2O3S/c1-9-6-12(8-13(7-9)21(16,19)20)15(18)17-14(10-2-3-10)11-4-5-11/h6-8,10-11,14H,2-5H2,1H3,(H,17,18)(H2,16,19,20). The molecule has 0 heterocycles. The Labute approximate surface area is 125 Å². The summed E-state index contributed by atoms with van der Waals surface area (Å²) in [6.45, 7) is 1.75. The van der Waals surface area contributed by atoms with E-state index < -0.39 is 10.0 Å². The topological polar surface area (TPSA) is 89.3 Å². The van der Waals surface area contributed by atoms with Gasteiger partial charge in [0, 0.05) is 11.6 Å². The fraction of sp³-hybridized carbons (Fsp3) is 0.533. The van der Waals surface area contributed by atoms with Crippen molar-refractivity contribution >= 4 is 15.9 Å². The fourth-order valence-corrected chi connectivity index (χ4v) is 3.45. The van der Waals surface area contributed by atoms with Gasteiger partial charge in [-0.2, -0.15) is 0 Å². The predicted octanol–water partition coefficient (Wildman–Crippen LogP) is 1.56. The van der Waals surface area contributed by atoms with Crippen molar-refractivity contribution in [2.75, 3.05) is 0 Å². The van der Waals surface area contributed by atoms with Crippen molar-refractivity contribution in [2.45, 2.75) is 43.5 Å². The van der Waals surface area contributed by atoms with Gasteiger partial charge in [-0.25, -0.2) is 13.6 Å². The molecule has 114 valence electrons. The lowest BCUT2D eigenvalue weighted by Gasteiger charge is -2.18. The van der Waals surface area contributed by atoms with Crippen LogP contribution in [-0.2, 0) is 10.0 Å². The number of carbonyl (C=O) groups is 1. The van der Waals surface area contributed by atoms with Crippen LogP contribution in [0.3, 0.4) is 0 Å². The highest BCUT2D eigenvalue weighted by Gasteiger charge is 2.42. The van der Waals surface area contributed by atoms with Crippen LogP contribution in [0.1, 0.15) is 41.6 Å². The SMILES string of the molecule is Cc1cc(C(=O)NC(C2CC2)C2CC2)cc(S(N)(=O)=O)c1. The Balaban J connectivity index is 1.82. The molecule has 1 aromatic carbocycles. The largest absolute Gasteiger partial charge is 0.349 e. The zero-order valence-corrected chi connectivity index (χ0v) is 12.8. The molecule has 0 unspecified atom stereocenters. The molecule has 3 N–H and O–H groups in total. The normalized spacial score (nSPS) is 18.8. The smallest absolute Gasteiger partial charge is 0.251 e. The van der Waals surface area contributed by atoms with Gasteiger partial charge in [0.1, 0.15) is 0 Å². The number of hydrogen-bond acceptors (Lipinski definition) is 3. The molecule has 0 bridgehead atoms. The van der Waals surface area contributed by atoms with Crippen molar-refractivity contribution in [3.8, 4) is 0 Å². The Bertz CT molecular complexity index is 664. The van der Waals surface area contributed by atoms with Crippen LogP contribution in [0.25, 0.3) is 0 Å². The van der Waals surface area contributed by atoms with E-state index >= 15 is 0 Å². The molecule has 0 aliphatic heterocycles. The molecule has 2 saturated carbocycles. The van der Waals surface area contributed by atoms with Crippen molar-refractivity contribution < 1.29 is 13.2 Å². The molecule has 6 heteroatoms. The first-order chi connectivity index (χ1) is 9.84. The average molecular weight is 308 g/mol. The van der Waals surface area contributed by atoms with E-state index in [9.17, 15) is 13.2 Å². The lowest BCUT2D eigenvalue weighted by Crippen LogP contribution is -2.38. The van der Waals surface area contributed by atoms with Gasteiger partial charge in [-0.3, -0.25) is 4.79 Å². The number of hydrogen-bond donors (Lipinski definition) is 2. The van der Waals surface area contributed by atoms with Crippen molar-refractivity contribution in [3.63, 3.8) is 0 Å². The molecule has 0 radical (unpaired) electrons. The number of benzene rings is 1. The maximum absolute atomic E-state index is 12.4. The first kappa shape index (κ1) is 14.5. The fourth-order valence-electron chi connectivity index (χ4n) is 2.81. The van der Waals surface area contributed by atoms with Crippen LogP contribution < -0.4 is 10.5 Å². The minimum Gasteiger partial charge on any atom is -0.349 e. The predicted molar refractivity (Wildman–Crippen MR) is 79.3 cm³/mol. The van der Waals surface area contributed by atoms with Gasteiger partial charge in [-0.15, -0.1) is 0 Å². The number of nitrogens with one attached hydrogen (secondary N) is 1. The van der Waals surface area contributed by atoms with Crippen molar-refractivity contribution in [1.29, 1.82) is 0 Å². The van der Waals surface area contributed by atoms with Gasteiger partial charge in [0.2, 0.25) is 10.0 Å². The number of nitrogens with two attached hydrogens (primary N) is 1. The Morgan fingerprint density at radius 3 is 2.24 bits per heavy atom. The highest BCUT2D eigenvalue weighted by atomic mass is 32.2. The summed E-state index contributed by atoms with van der Waals surface area (Å²) in [5.74, 6) is 1.00. The third-order valence-electron chi connectivity index (χ3n) is 4.20. The lowest BCUT2D eigenvalue weighted by molar-refractivity contribution is 0.0926. The van der Waals surface area contributed by atoms with Crippen LogP contribution in [0.15, 0.2) is 23.1 Å². The summed E-state index contributed by atoms with van der Waals surface area (Å²) in [6.07, 6.45) is 4.71. The molecule has 2 fully saturated rings. The minimum absolute atomic E-state index is 0.0120. The quantitative estimate of drug-likeness (QED) is 0.865. The van der Waals surface area contributed by atoms with Gasteiger partial charge in [0.05, 0.1) is 4.90 Å². The molecule has 0 spiro atoms. The van der Waals surface area contributed by atoms with E-state index in [0.29, 0.717) is 23.0 Å². The molecule has 21 heavy (non-hydrogen) atoms. The summed E-state index contributed by atoms with van der Waals surface area (Å²) in [5, 5.41) is 8.24. The molecule has 3 rings (SSSR count). The maximum atomic E-state index is 12.4. The van der Waals surface area contributed by atoms with E-state index in [-0.39, 0.29) is 16.8 Å². The zero-order valence-electron chi connectivity index (χ0n) is 12.0. The third-order valence-corrected chi connectivity index (χ3v) is 5.09. The molecular formula is C15H20N2O3S. The van der Waals surface area contributed by atoms with E-state index in [1.807, 2.05) is 0 Å². The monoisotopic (exact) mass is 308 g/mol. The lowest BCUT2D eigenvalue weighted by atomic mass is 10.1. The number of amides is 1. The van der Waals surface area contributed by atoms with Gasteiger partial charge < -0.3 is 5.32 Å². The molecular weight excluding hydrogens is 288 g/mol. The zero-order chi connectivity index (χ0) is 15.2. The van der Waals surface area contributed by atoms with Crippen molar-refractivity contribution in [1.82, 2.24) is 5.32 Å². The molecule has 1 aromatic rings. The molecule has 5 nitrogen and oxygen atoms in total. The van der Waals surface area contributed by atoms with Crippen molar-refractivity contribution in [3.05, 3.63) is 29.3 Å². The van der Waals surface area contributed by atoms with E-state index in [1.54, 1.807) is 13.0 Å². The molecule has 0 saturated heterocycles. The van der Waals surface area contributed by atoms with Gasteiger partial charge in [-0.1, -0.05) is 0 Å². The molecule has 1 amide bonds. The van der Waals surface area contributed by atoms with Gasteiger partial charge in [0.15, 0.2) is 0 Å². The summed E-state index contributed by atoms with van der Waals surface area (Å²) < 4.78 is 22.9. The Morgan fingerprint density at radius 1 is 1.19 bits per heavy atom. The van der Waals surface area contributed by atoms with Crippen molar-refractivity contribution in [2.24, 2.45) is 17.0 Å². The number of primary sulfonamides is 1. The van der Waals surface area contributed by atoms with Gasteiger partial charge >= 0.3 is 0 Å². The minimum atomic E-state index is -3.80. The maximum Gasteiger partial charge on any atom is 0.251 e. The van der Waals surface area contributed by atoms with Gasteiger partial charge in [-0.05, 0) is 68.2 Å². The Morgan fingerprint density at radius 2 is 1.76 bits per heavy atom. The molecule has 2 aliphatic carbocycles. The number of aryl methyl sites for hydroxylation is 1. The number of carbonyl (C=O) groups excluding carboxylic acids is 1. The van der Waals surface area contributed by atoms with Crippen LogP contribution in [-0.4, -0.2) is 20.4 Å². The van der Waals surface area contributed by atoms with E-state index in [4.69, 9.17) is 5.14 Å². The third kappa shape index (κ3) is 3.44. The summed E-state index contributed by atoms with van der Waals surface area (Å²) in [6, 6.07) is 4.77. The second-order valence-electron chi connectivity index (χ2n) is 6.25. The Kier molecular flexibility index (Phi) is 3.53. The van der Waals surface area contributed by atoms with Crippen LogP contribution in [0, 0.1) is 18.8 Å². The van der Waals surface area contributed by atoms with Crippen LogP contribution in [0.5, 0.6) is 0 Å². The van der Waals surface area contributed by atoms with Gasteiger partial charge in [0.25, 0.3) is 5.91 Å². The van der Waals surface area contributed by atoms with Crippen LogP contribution in [0.2, 0.25) is 0 Å². The number of sulfonamides is 1. The van der Waals surface area contributed by atoms with Crippen LogP contribution in [0.4, 0.5) is 0 Å². The van der Waals surface area contributed by atoms with E-state index in [1.165, 1.54) is 37.8 Å². The highest BCUT2D eigenvalue weighted by Crippen LogP contribution is 2.44. The molecule has 2 aliphatic rings. The summed E-state index contributed by atoms with van der Waals surface area (Å²) in [7, 11) is -3.80. The molecule has 0 aromatic heterocycles. The average Bonchev–Trinajstić information content (AvgIpc) is 3.26. The second kappa shape index (κ2) is 5.10. The summed E-state index contributed by atoms with van der Waals surface area (Å²) in [5.41, 5.74) is 1.08. The summed E-state index contributed by atoms with van der Waals surface area (Å²) >= 11 is 0. The summed E-state index contributed by atoms with van der Waals surface area (Å²) in [4.78, 5) is 12.4.